The summed E-state index contributed by atoms with van der Waals surface area (Å²) in [7, 11) is 0. The highest BCUT2D eigenvalue weighted by molar-refractivity contribution is 5.98. The maximum Gasteiger partial charge on any atom is 0.166 e. The zero-order chi connectivity index (χ0) is 13.9. The van der Waals surface area contributed by atoms with Gasteiger partial charge in [0.1, 0.15) is 5.75 Å². The lowest BCUT2D eigenvalue weighted by Crippen LogP contribution is -2.50. The van der Waals surface area contributed by atoms with E-state index in [0.717, 1.165) is 24.2 Å². The van der Waals surface area contributed by atoms with Crippen LogP contribution in [-0.4, -0.2) is 24.5 Å². The molecule has 3 nitrogen and oxygen atoms in total. The summed E-state index contributed by atoms with van der Waals surface area (Å²) in [5, 5.41) is 3.64. The number of Topliss-reactive ketones (excluding diaryl/α,β-unsaturated/α-hetero) is 1. The molecule has 2 saturated heterocycles. The van der Waals surface area contributed by atoms with E-state index in [1.165, 1.54) is 19.3 Å². The molecule has 3 rings (SSSR count). The van der Waals surface area contributed by atoms with Crippen molar-refractivity contribution in [2.75, 3.05) is 6.61 Å². The van der Waals surface area contributed by atoms with Gasteiger partial charge in [-0.25, -0.2) is 0 Å². The minimum absolute atomic E-state index is 0.184. The van der Waals surface area contributed by atoms with Crippen LogP contribution in [0.2, 0.25) is 0 Å². The maximum atomic E-state index is 12.7. The second-order valence-corrected chi connectivity index (χ2v) is 5.98. The maximum absolute atomic E-state index is 12.7. The molecule has 0 radical (unpaired) electrons. The van der Waals surface area contributed by atoms with Crippen LogP contribution in [0.4, 0.5) is 0 Å². The number of hydrogen-bond acceptors (Lipinski definition) is 3. The first-order valence-corrected chi connectivity index (χ1v) is 7.79. The van der Waals surface area contributed by atoms with E-state index < -0.39 is 0 Å². The first-order chi connectivity index (χ1) is 9.76. The number of rotatable bonds is 4. The molecular weight excluding hydrogens is 250 g/mol. The van der Waals surface area contributed by atoms with Gasteiger partial charge in [0.05, 0.1) is 6.61 Å². The van der Waals surface area contributed by atoms with E-state index in [-0.39, 0.29) is 5.92 Å². The molecule has 2 unspecified atom stereocenters. The number of ether oxygens (including phenoxy) is 1. The Bertz CT molecular complexity index is 474. The number of nitrogens with one attached hydrogen (secondary N) is 1. The summed E-state index contributed by atoms with van der Waals surface area (Å²) in [6.07, 6.45) is 5.74. The molecule has 0 saturated carbocycles. The van der Waals surface area contributed by atoms with Crippen LogP contribution in [0, 0.1) is 5.92 Å². The molecule has 0 aliphatic carbocycles. The Morgan fingerprint density at radius 2 is 2.05 bits per heavy atom. The zero-order valence-electron chi connectivity index (χ0n) is 12.1. The fourth-order valence-corrected chi connectivity index (χ4v) is 3.62. The van der Waals surface area contributed by atoms with E-state index in [1.807, 2.05) is 31.2 Å². The Morgan fingerprint density at radius 3 is 2.75 bits per heavy atom. The number of hydrogen-bond donors (Lipinski definition) is 1. The van der Waals surface area contributed by atoms with Crippen LogP contribution in [0.5, 0.6) is 5.75 Å². The van der Waals surface area contributed by atoms with Crippen LogP contribution in [0.25, 0.3) is 0 Å². The summed E-state index contributed by atoms with van der Waals surface area (Å²) in [5.74, 6) is 1.28. The largest absolute Gasteiger partial charge is 0.494 e. The second kappa shape index (κ2) is 5.96. The van der Waals surface area contributed by atoms with Crippen molar-refractivity contribution in [2.24, 2.45) is 5.92 Å². The van der Waals surface area contributed by atoms with Gasteiger partial charge >= 0.3 is 0 Å². The summed E-state index contributed by atoms with van der Waals surface area (Å²) in [4.78, 5) is 12.7. The smallest absolute Gasteiger partial charge is 0.166 e. The van der Waals surface area contributed by atoms with Gasteiger partial charge in [0, 0.05) is 23.6 Å². The van der Waals surface area contributed by atoms with E-state index in [9.17, 15) is 4.79 Å². The van der Waals surface area contributed by atoms with E-state index in [2.05, 4.69) is 5.32 Å². The molecule has 2 bridgehead atoms. The Hall–Kier alpha value is -1.35. The highest BCUT2D eigenvalue weighted by Gasteiger charge is 2.34. The normalized spacial score (nSPS) is 28.9. The third-order valence-electron chi connectivity index (χ3n) is 4.51. The lowest BCUT2D eigenvalue weighted by molar-refractivity contribution is 0.0824. The second-order valence-electron chi connectivity index (χ2n) is 5.98. The molecule has 3 heteroatoms. The summed E-state index contributed by atoms with van der Waals surface area (Å²) in [6, 6.07) is 8.74. The zero-order valence-corrected chi connectivity index (χ0v) is 12.1. The molecule has 0 spiro atoms. The SMILES string of the molecule is CCOc1cccc(C(=O)C2CC3CCCC(C2)N3)c1. The van der Waals surface area contributed by atoms with Gasteiger partial charge in [-0.1, -0.05) is 18.6 Å². The monoisotopic (exact) mass is 273 g/mol. The van der Waals surface area contributed by atoms with E-state index in [4.69, 9.17) is 4.74 Å². The van der Waals surface area contributed by atoms with Crippen LogP contribution in [0.15, 0.2) is 24.3 Å². The van der Waals surface area contributed by atoms with Crippen molar-refractivity contribution in [3.8, 4) is 5.75 Å². The Balaban J connectivity index is 1.73. The minimum Gasteiger partial charge on any atom is -0.494 e. The van der Waals surface area contributed by atoms with Gasteiger partial charge in [0.15, 0.2) is 5.78 Å². The quantitative estimate of drug-likeness (QED) is 0.856. The van der Waals surface area contributed by atoms with Crippen LogP contribution in [-0.2, 0) is 0 Å². The number of carbonyl (C=O) groups excluding carboxylic acids is 1. The third-order valence-corrected chi connectivity index (χ3v) is 4.51. The topological polar surface area (TPSA) is 38.3 Å². The van der Waals surface area contributed by atoms with Crippen molar-refractivity contribution in [1.82, 2.24) is 5.32 Å². The summed E-state index contributed by atoms with van der Waals surface area (Å²) in [6.45, 7) is 2.59. The Labute approximate surface area is 120 Å². The fourth-order valence-electron chi connectivity index (χ4n) is 3.62. The molecule has 20 heavy (non-hydrogen) atoms. The predicted molar refractivity (Wildman–Crippen MR) is 79.2 cm³/mol. The molecule has 2 aliphatic rings. The Morgan fingerprint density at radius 1 is 1.30 bits per heavy atom. The average molecular weight is 273 g/mol. The number of fused-ring (bicyclic) bond motifs is 2. The molecule has 0 aromatic heterocycles. The van der Waals surface area contributed by atoms with Gasteiger partial charge in [-0.2, -0.15) is 0 Å². The van der Waals surface area contributed by atoms with Crippen molar-refractivity contribution in [3.05, 3.63) is 29.8 Å². The lowest BCUT2D eigenvalue weighted by atomic mass is 9.77. The number of ketones is 1. The number of piperidine rings is 2. The molecular formula is C17H23NO2. The van der Waals surface area contributed by atoms with Gasteiger partial charge in [-0.15, -0.1) is 0 Å². The molecule has 2 heterocycles. The summed E-state index contributed by atoms with van der Waals surface area (Å²) >= 11 is 0. The standard InChI is InChI=1S/C17H23NO2/c1-2-20-16-8-3-5-12(11-16)17(19)13-9-14-6-4-7-15(10-13)18-14/h3,5,8,11,13-15,18H,2,4,6-7,9-10H2,1H3. The molecule has 108 valence electrons. The van der Waals surface area contributed by atoms with Crippen molar-refractivity contribution < 1.29 is 9.53 Å². The van der Waals surface area contributed by atoms with Gasteiger partial charge in [0.2, 0.25) is 0 Å². The van der Waals surface area contributed by atoms with E-state index in [0.29, 0.717) is 24.5 Å². The first-order valence-electron chi connectivity index (χ1n) is 7.79. The molecule has 1 N–H and O–H groups in total. The molecule has 0 amide bonds. The summed E-state index contributed by atoms with van der Waals surface area (Å²) < 4.78 is 5.49. The molecule has 2 atom stereocenters. The van der Waals surface area contributed by atoms with Crippen molar-refractivity contribution >= 4 is 5.78 Å². The van der Waals surface area contributed by atoms with E-state index >= 15 is 0 Å². The molecule has 2 aliphatic heterocycles. The summed E-state index contributed by atoms with van der Waals surface area (Å²) in [5.41, 5.74) is 0.806. The average Bonchev–Trinajstić information content (AvgIpc) is 2.47. The third kappa shape index (κ3) is 2.88. The fraction of sp³-hybridized carbons (Fsp3) is 0.588. The van der Waals surface area contributed by atoms with Crippen LogP contribution in [0.1, 0.15) is 49.4 Å². The van der Waals surface area contributed by atoms with Gasteiger partial charge < -0.3 is 10.1 Å². The minimum atomic E-state index is 0.184. The van der Waals surface area contributed by atoms with Crippen molar-refractivity contribution in [3.63, 3.8) is 0 Å². The lowest BCUT2D eigenvalue weighted by Gasteiger charge is -2.39. The van der Waals surface area contributed by atoms with Crippen LogP contribution in [0.3, 0.4) is 0 Å². The van der Waals surface area contributed by atoms with Gasteiger partial charge in [-0.05, 0) is 44.7 Å². The van der Waals surface area contributed by atoms with Gasteiger partial charge in [-0.3, -0.25) is 4.79 Å². The van der Waals surface area contributed by atoms with Gasteiger partial charge in [0.25, 0.3) is 0 Å². The van der Waals surface area contributed by atoms with Crippen LogP contribution >= 0.6 is 0 Å². The van der Waals surface area contributed by atoms with E-state index in [1.54, 1.807) is 0 Å². The highest BCUT2D eigenvalue weighted by Crippen LogP contribution is 2.32. The van der Waals surface area contributed by atoms with Crippen LogP contribution < -0.4 is 10.1 Å². The molecule has 2 fully saturated rings. The predicted octanol–water partition coefficient (Wildman–Crippen LogP) is 3.19. The highest BCUT2D eigenvalue weighted by atomic mass is 16.5. The molecule has 1 aromatic carbocycles. The molecule has 1 aromatic rings. The Kier molecular flexibility index (Phi) is 4.06. The first kappa shape index (κ1) is 13.6. The van der Waals surface area contributed by atoms with Crippen molar-refractivity contribution in [2.45, 2.75) is 51.1 Å². The number of carbonyl (C=O) groups is 1. The number of benzene rings is 1. The van der Waals surface area contributed by atoms with Crippen molar-refractivity contribution in [1.29, 1.82) is 0 Å².